The van der Waals surface area contributed by atoms with Crippen LogP contribution >= 0.6 is 0 Å². The molecule has 2 aromatic carbocycles. The third-order valence-electron chi connectivity index (χ3n) is 3.93. The Morgan fingerprint density at radius 2 is 1.76 bits per heavy atom. The van der Waals surface area contributed by atoms with E-state index in [9.17, 15) is 9.59 Å². The standard InChI is InChI=1S/C19H21N3O3/c23-18(17-11-21-19(24)22-17)20-10-15-7-4-8-16(9-15)13-25-12-14-5-2-1-3-6-14/h1-9,17H,10-13H2,(H,20,23)(H2,21,22,24)/t17-/m0/s1. The molecule has 0 bridgehead atoms. The van der Waals surface area contributed by atoms with Crippen LogP contribution in [0.1, 0.15) is 16.7 Å². The van der Waals surface area contributed by atoms with Gasteiger partial charge in [0.1, 0.15) is 6.04 Å². The average molecular weight is 339 g/mol. The van der Waals surface area contributed by atoms with E-state index in [1.54, 1.807) is 0 Å². The van der Waals surface area contributed by atoms with Gasteiger partial charge in [-0.3, -0.25) is 4.79 Å². The summed E-state index contributed by atoms with van der Waals surface area (Å²) in [7, 11) is 0. The fourth-order valence-corrected chi connectivity index (χ4v) is 2.62. The van der Waals surface area contributed by atoms with Gasteiger partial charge in [-0.05, 0) is 16.7 Å². The molecule has 0 aromatic heterocycles. The van der Waals surface area contributed by atoms with E-state index < -0.39 is 6.04 Å². The van der Waals surface area contributed by atoms with Crippen LogP contribution in [0.4, 0.5) is 4.79 Å². The Morgan fingerprint density at radius 3 is 2.52 bits per heavy atom. The largest absolute Gasteiger partial charge is 0.372 e. The summed E-state index contributed by atoms with van der Waals surface area (Å²) in [4.78, 5) is 23.1. The molecule has 2 aromatic rings. The summed E-state index contributed by atoms with van der Waals surface area (Å²) in [6, 6.07) is 17.1. The summed E-state index contributed by atoms with van der Waals surface area (Å²) in [5, 5.41) is 7.97. The van der Waals surface area contributed by atoms with E-state index in [2.05, 4.69) is 16.0 Å². The van der Waals surface area contributed by atoms with Crippen molar-refractivity contribution in [3.05, 3.63) is 71.3 Å². The smallest absolute Gasteiger partial charge is 0.315 e. The molecule has 6 nitrogen and oxygen atoms in total. The van der Waals surface area contributed by atoms with Gasteiger partial charge in [-0.15, -0.1) is 0 Å². The normalized spacial score (nSPS) is 16.2. The molecule has 1 saturated heterocycles. The van der Waals surface area contributed by atoms with E-state index in [0.717, 1.165) is 16.7 Å². The first-order valence-corrected chi connectivity index (χ1v) is 8.22. The number of ether oxygens (including phenoxy) is 1. The molecule has 1 atom stereocenters. The first kappa shape index (κ1) is 17.0. The van der Waals surface area contributed by atoms with Gasteiger partial charge in [0.15, 0.2) is 0 Å². The van der Waals surface area contributed by atoms with Gasteiger partial charge in [0.2, 0.25) is 5.91 Å². The number of carbonyl (C=O) groups excluding carboxylic acids is 2. The lowest BCUT2D eigenvalue weighted by atomic mass is 10.1. The third kappa shape index (κ3) is 5.06. The molecule has 1 aliphatic rings. The van der Waals surface area contributed by atoms with Crippen LogP contribution in [0.3, 0.4) is 0 Å². The predicted octanol–water partition coefficient (Wildman–Crippen LogP) is 1.70. The second-order valence-electron chi connectivity index (χ2n) is 5.92. The van der Waals surface area contributed by atoms with Crippen LogP contribution < -0.4 is 16.0 Å². The van der Waals surface area contributed by atoms with E-state index in [1.165, 1.54) is 0 Å². The molecule has 0 unspecified atom stereocenters. The number of hydrogen-bond acceptors (Lipinski definition) is 3. The molecule has 3 amide bonds. The highest BCUT2D eigenvalue weighted by Crippen LogP contribution is 2.09. The highest BCUT2D eigenvalue weighted by molar-refractivity contribution is 5.90. The summed E-state index contributed by atoms with van der Waals surface area (Å²) in [5.74, 6) is -0.191. The number of amides is 3. The van der Waals surface area contributed by atoms with Crippen molar-refractivity contribution in [3.8, 4) is 0 Å². The molecule has 0 spiro atoms. The summed E-state index contributed by atoms with van der Waals surface area (Å²) in [6.07, 6.45) is 0. The van der Waals surface area contributed by atoms with Crippen LogP contribution in [0, 0.1) is 0 Å². The molecule has 1 aliphatic heterocycles. The van der Waals surface area contributed by atoms with E-state index in [1.807, 2.05) is 54.6 Å². The molecule has 6 heteroatoms. The molecule has 0 saturated carbocycles. The molecule has 3 rings (SSSR count). The van der Waals surface area contributed by atoms with Crippen molar-refractivity contribution in [2.75, 3.05) is 6.54 Å². The molecule has 1 fully saturated rings. The predicted molar refractivity (Wildman–Crippen MR) is 93.5 cm³/mol. The highest BCUT2D eigenvalue weighted by Gasteiger charge is 2.26. The minimum absolute atomic E-state index is 0.191. The average Bonchev–Trinajstić information content (AvgIpc) is 3.07. The Hall–Kier alpha value is -2.86. The van der Waals surface area contributed by atoms with Crippen molar-refractivity contribution in [2.24, 2.45) is 0 Å². The zero-order valence-electron chi connectivity index (χ0n) is 13.8. The van der Waals surface area contributed by atoms with E-state index in [4.69, 9.17) is 4.74 Å². The van der Waals surface area contributed by atoms with Gasteiger partial charge in [-0.25, -0.2) is 4.79 Å². The summed E-state index contributed by atoms with van der Waals surface area (Å²) >= 11 is 0. The molecule has 130 valence electrons. The second-order valence-corrected chi connectivity index (χ2v) is 5.92. The van der Waals surface area contributed by atoms with Gasteiger partial charge in [-0.2, -0.15) is 0 Å². The molecule has 0 aliphatic carbocycles. The minimum atomic E-state index is -0.509. The lowest BCUT2D eigenvalue weighted by Crippen LogP contribution is -2.42. The fraction of sp³-hybridized carbons (Fsp3) is 0.263. The number of nitrogens with one attached hydrogen (secondary N) is 3. The highest BCUT2D eigenvalue weighted by atomic mass is 16.5. The van der Waals surface area contributed by atoms with Crippen LogP contribution in [-0.2, 0) is 29.3 Å². The van der Waals surface area contributed by atoms with E-state index in [0.29, 0.717) is 26.3 Å². The second kappa shape index (κ2) is 8.30. The number of urea groups is 1. The van der Waals surface area contributed by atoms with Crippen LogP contribution in [-0.4, -0.2) is 24.5 Å². The van der Waals surface area contributed by atoms with Crippen molar-refractivity contribution in [2.45, 2.75) is 25.8 Å². The van der Waals surface area contributed by atoms with Gasteiger partial charge in [-0.1, -0.05) is 54.6 Å². The zero-order chi connectivity index (χ0) is 17.5. The maximum absolute atomic E-state index is 12.0. The molecule has 25 heavy (non-hydrogen) atoms. The maximum Gasteiger partial charge on any atom is 0.315 e. The first-order valence-electron chi connectivity index (χ1n) is 8.22. The van der Waals surface area contributed by atoms with Crippen LogP contribution in [0.25, 0.3) is 0 Å². The number of rotatable bonds is 7. The lowest BCUT2D eigenvalue weighted by molar-refractivity contribution is -0.122. The molecular weight excluding hydrogens is 318 g/mol. The van der Waals surface area contributed by atoms with Gasteiger partial charge in [0.25, 0.3) is 0 Å². The number of carbonyl (C=O) groups is 2. The molecule has 3 N–H and O–H groups in total. The number of hydrogen-bond donors (Lipinski definition) is 3. The van der Waals surface area contributed by atoms with Crippen molar-refractivity contribution in [1.82, 2.24) is 16.0 Å². The van der Waals surface area contributed by atoms with Gasteiger partial charge in [0, 0.05) is 13.1 Å². The summed E-state index contributed by atoms with van der Waals surface area (Å²) < 4.78 is 5.74. The van der Waals surface area contributed by atoms with Crippen molar-refractivity contribution in [3.63, 3.8) is 0 Å². The molecule has 1 heterocycles. The quantitative estimate of drug-likeness (QED) is 0.718. The van der Waals surface area contributed by atoms with Crippen LogP contribution in [0.2, 0.25) is 0 Å². The molecule has 0 radical (unpaired) electrons. The zero-order valence-corrected chi connectivity index (χ0v) is 13.8. The Balaban J connectivity index is 1.46. The van der Waals surface area contributed by atoms with Crippen molar-refractivity contribution >= 4 is 11.9 Å². The van der Waals surface area contributed by atoms with E-state index in [-0.39, 0.29) is 11.9 Å². The maximum atomic E-state index is 12.0. The van der Waals surface area contributed by atoms with Crippen molar-refractivity contribution in [1.29, 1.82) is 0 Å². The lowest BCUT2D eigenvalue weighted by Gasteiger charge is -2.11. The van der Waals surface area contributed by atoms with Crippen LogP contribution in [0.15, 0.2) is 54.6 Å². The fourth-order valence-electron chi connectivity index (χ4n) is 2.62. The monoisotopic (exact) mass is 339 g/mol. The van der Waals surface area contributed by atoms with Gasteiger partial charge < -0.3 is 20.7 Å². The van der Waals surface area contributed by atoms with E-state index >= 15 is 0 Å². The van der Waals surface area contributed by atoms with Crippen molar-refractivity contribution < 1.29 is 14.3 Å². The first-order chi connectivity index (χ1) is 12.2. The SMILES string of the molecule is O=C1NC[C@@H](C(=O)NCc2cccc(COCc3ccccc3)c2)N1. The minimum Gasteiger partial charge on any atom is -0.372 e. The summed E-state index contributed by atoms with van der Waals surface area (Å²) in [5.41, 5.74) is 3.18. The Labute approximate surface area is 146 Å². The van der Waals surface area contributed by atoms with Crippen LogP contribution in [0.5, 0.6) is 0 Å². The Kier molecular flexibility index (Phi) is 5.64. The Morgan fingerprint density at radius 1 is 1.04 bits per heavy atom. The molecular formula is C19H21N3O3. The summed E-state index contributed by atoms with van der Waals surface area (Å²) in [6.45, 7) is 1.81. The Bertz CT molecular complexity index is 734. The van der Waals surface area contributed by atoms with Gasteiger partial charge >= 0.3 is 6.03 Å². The topological polar surface area (TPSA) is 79.5 Å². The third-order valence-corrected chi connectivity index (χ3v) is 3.93. The number of benzene rings is 2. The van der Waals surface area contributed by atoms with Gasteiger partial charge in [0.05, 0.1) is 13.2 Å².